The lowest BCUT2D eigenvalue weighted by molar-refractivity contribution is -0.139. The Balaban J connectivity index is 1.43. The van der Waals surface area contributed by atoms with Gasteiger partial charge < -0.3 is 9.64 Å². The van der Waals surface area contributed by atoms with Crippen molar-refractivity contribution < 1.29 is 14.4 Å². The minimum atomic E-state index is 0.0170. The summed E-state index contributed by atoms with van der Waals surface area (Å²) < 4.78 is 5.60. The number of benzene rings is 3. The number of nitrogens with zero attached hydrogens (tertiary/aromatic N) is 2. The Morgan fingerprint density at radius 2 is 1.82 bits per heavy atom. The van der Waals surface area contributed by atoms with E-state index in [-0.39, 0.29) is 11.9 Å². The topological polar surface area (TPSA) is 42.0 Å². The molecule has 0 aromatic heterocycles. The molecule has 3 aromatic rings. The maximum atomic E-state index is 13.5. The number of para-hydroxylation sites is 1. The molecular formula is C29H32N2O3. The fraction of sp³-hybridized carbons (Fsp3) is 0.345. The van der Waals surface area contributed by atoms with E-state index in [2.05, 4.69) is 47.4 Å². The highest BCUT2D eigenvalue weighted by Crippen LogP contribution is 2.40. The van der Waals surface area contributed by atoms with Crippen molar-refractivity contribution in [3.8, 4) is 16.9 Å². The molecule has 5 nitrogen and oxygen atoms in total. The third kappa shape index (κ3) is 4.59. The molecule has 2 aliphatic rings. The molecule has 0 spiro atoms. The van der Waals surface area contributed by atoms with Gasteiger partial charge in [0.25, 0.3) is 0 Å². The fourth-order valence-electron chi connectivity index (χ4n) is 5.40. The molecule has 0 bridgehead atoms. The molecule has 5 heteroatoms. The third-order valence-electron chi connectivity index (χ3n) is 7.26. The van der Waals surface area contributed by atoms with Crippen molar-refractivity contribution in [1.29, 1.82) is 0 Å². The van der Waals surface area contributed by atoms with Gasteiger partial charge in [-0.05, 0) is 41.7 Å². The molecular weight excluding hydrogens is 424 g/mol. The lowest BCUT2D eigenvalue weighted by Gasteiger charge is -2.42. The standard InChI is InChI=1S/C29H32N2O3/c1-30-26-18-27(23-12-8-11-22(17-23)25-13-6-7-14-28(25)33-2)31(19-24(26)20-34-30)29(32)16-15-21-9-4-3-5-10-21/h3-14,17,24,26-27H,15-16,18-20H2,1-2H3/t24-,26-,27-/m0/s1. The minimum absolute atomic E-state index is 0.0170. The van der Waals surface area contributed by atoms with E-state index in [1.807, 2.05) is 48.5 Å². The average molecular weight is 457 g/mol. The molecule has 0 saturated carbocycles. The summed E-state index contributed by atoms with van der Waals surface area (Å²) in [5.41, 5.74) is 4.52. The van der Waals surface area contributed by atoms with Crippen LogP contribution in [0, 0.1) is 5.92 Å². The van der Waals surface area contributed by atoms with Crippen LogP contribution in [0.25, 0.3) is 11.1 Å². The van der Waals surface area contributed by atoms with E-state index in [0.717, 1.165) is 41.8 Å². The third-order valence-corrected chi connectivity index (χ3v) is 7.26. The van der Waals surface area contributed by atoms with Crippen LogP contribution in [0.1, 0.15) is 30.0 Å². The Kier molecular flexibility index (Phi) is 6.66. The molecule has 1 amide bonds. The number of ether oxygens (including phenoxy) is 1. The van der Waals surface area contributed by atoms with Gasteiger partial charge >= 0.3 is 0 Å². The van der Waals surface area contributed by atoms with E-state index in [1.165, 1.54) is 5.56 Å². The number of hydrogen-bond donors (Lipinski definition) is 0. The van der Waals surface area contributed by atoms with Gasteiger partial charge in [0.1, 0.15) is 5.75 Å². The number of hydrogen-bond acceptors (Lipinski definition) is 4. The van der Waals surface area contributed by atoms with Crippen molar-refractivity contribution in [2.24, 2.45) is 5.92 Å². The van der Waals surface area contributed by atoms with E-state index in [4.69, 9.17) is 9.57 Å². The van der Waals surface area contributed by atoms with Gasteiger partial charge in [0.2, 0.25) is 5.91 Å². The largest absolute Gasteiger partial charge is 0.496 e. The quantitative estimate of drug-likeness (QED) is 0.516. The van der Waals surface area contributed by atoms with Gasteiger partial charge in [-0.3, -0.25) is 9.63 Å². The number of amides is 1. The molecule has 2 aliphatic heterocycles. The zero-order valence-corrected chi connectivity index (χ0v) is 19.9. The summed E-state index contributed by atoms with van der Waals surface area (Å²) in [5.74, 6) is 1.41. The highest BCUT2D eigenvalue weighted by Gasteiger charge is 2.44. The van der Waals surface area contributed by atoms with Crippen LogP contribution in [0.15, 0.2) is 78.9 Å². The van der Waals surface area contributed by atoms with Crippen LogP contribution < -0.4 is 4.74 Å². The maximum absolute atomic E-state index is 13.5. The van der Waals surface area contributed by atoms with Crippen LogP contribution in [0.5, 0.6) is 5.75 Å². The maximum Gasteiger partial charge on any atom is 0.223 e. The van der Waals surface area contributed by atoms with E-state index in [9.17, 15) is 4.79 Å². The zero-order chi connectivity index (χ0) is 23.5. The molecule has 176 valence electrons. The van der Waals surface area contributed by atoms with Crippen LogP contribution in [0.3, 0.4) is 0 Å². The number of fused-ring (bicyclic) bond motifs is 1. The predicted octanol–water partition coefficient (Wildman–Crippen LogP) is 5.13. The van der Waals surface area contributed by atoms with Crippen LogP contribution >= 0.6 is 0 Å². The number of methoxy groups -OCH3 is 1. The second-order valence-corrected chi connectivity index (χ2v) is 9.28. The van der Waals surface area contributed by atoms with Gasteiger partial charge in [-0.2, -0.15) is 5.06 Å². The van der Waals surface area contributed by atoms with Gasteiger partial charge in [-0.1, -0.05) is 66.7 Å². The summed E-state index contributed by atoms with van der Waals surface area (Å²) in [6, 6.07) is 27.2. The Bertz CT molecular complexity index is 1130. The zero-order valence-electron chi connectivity index (χ0n) is 19.9. The van der Waals surface area contributed by atoms with Crippen LogP contribution in [-0.4, -0.2) is 49.2 Å². The van der Waals surface area contributed by atoms with E-state index < -0.39 is 0 Å². The molecule has 0 N–H and O–H groups in total. The van der Waals surface area contributed by atoms with Crippen molar-refractivity contribution >= 4 is 5.91 Å². The first-order valence-electron chi connectivity index (χ1n) is 12.1. The molecule has 5 rings (SSSR count). The van der Waals surface area contributed by atoms with Gasteiger partial charge in [0.05, 0.1) is 19.8 Å². The first kappa shape index (κ1) is 22.6. The van der Waals surface area contributed by atoms with Crippen LogP contribution in [0.2, 0.25) is 0 Å². The number of carbonyl (C=O) groups excluding carboxylic acids is 1. The Morgan fingerprint density at radius 1 is 1.03 bits per heavy atom. The number of likely N-dealkylation sites (tertiary alicyclic amines) is 1. The summed E-state index contributed by atoms with van der Waals surface area (Å²) in [5, 5.41) is 1.99. The number of hydroxylamine groups is 2. The summed E-state index contributed by atoms with van der Waals surface area (Å²) in [6.07, 6.45) is 2.14. The van der Waals surface area contributed by atoms with Gasteiger partial charge in [-0.25, -0.2) is 0 Å². The van der Waals surface area contributed by atoms with E-state index in [1.54, 1.807) is 7.11 Å². The van der Waals surface area contributed by atoms with Crippen molar-refractivity contribution in [3.63, 3.8) is 0 Å². The molecule has 3 atom stereocenters. The van der Waals surface area contributed by atoms with Crippen molar-refractivity contribution in [1.82, 2.24) is 9.96 Å². The van der Waals surface area contributed by atoms with E-state index in [0.29, 0.717) is 25.0 Å². The van der Waals surface area contributed by atoms with Crippen molar-refractivity contribution in [3.05, 3.63) is 90.0 Å². The van der Waals surface area contributed by atoms with Gasteiger partial charge in [0, 0.05) is 37.5 Å². The first-order chi connectivity index (χ1) is 16.6. The van der Waals surface area contributed by atoms with Crippen LogP contribution in [0.4, 0.5) is 0 Å². The van der Waals surface area contributed by atoms with Crippen LogP contribution in [-0.2, 0) is 16.1 Å². The fourth-order valence-corrected chi connectivity index (χ4v) is 5.40. The Hall–Kier alpha value is -3.15. The Labute approximate surface area is 201 Å². The normalized spacial score (nSPS) is 22.4. The highest BCUT2D eigenvalue weighted by atomic mass is 16.7. The van der Waals surface area contributed by atoms with Crippen molar-refractivity contribution in [2.75, 3.05) is 27.3 Å². The minimum Gasteiger partial charge on any atom is -0.496 e. The molecule has 0 aliphatic carbocycles. The lowest BCUT2D eigenvalue weighted by Crippen LogP contribution is -2.49. The monoisotopic (exact) mass is 456 g/mol. The van der Waals surface area contributed by atoms with Gasteiger partial charge in [0.15, 0.2) is 0 Å². The second kappa shape index (κ2) is 10.00. The molecule has 3 aromatic carbocycles. The lowest BCUT2D eigenvalue weighted by atomic mass is 9.84. The van der Waals surface area contributed by atoms with Crippen molar-refractivity contribution in [2.45, 2.75) is 31.3 Å². The van der Waals surface area contributed by atoms with E-state index >= 15 is 0 Å². The molecule has 2 heterocycles. The highest BCUT2D eigenvalue weighted by molar-refractivity contribution is 5.77. The average Bonchev–Trinajstić information content (AvgIpc) is 3.26. The number of piperidine rings is 1. The molecule has 34 heavy (non-hydrogen) atoms. The second-order valence-electron chi connectivity index (χ2n) is 9.28. The molecule has 2 fully saturated rings. The molecule has 0 radical (unpaired) electrons. The SMILES string of the molecule is COc1ccccc1-c1cccc([C@@H]2C[C@H]3[C@H](CON3C)CN2C(=O)CCc2ccccc2)c1. The number of aryl methyl sites for hydroxylation is 1. The Morgan fingerprint density at radius 3 is 2.65 bits per heavy atom. The number of rotatable bonds is 6. The summed E-state index contributed by atoms with van der Waals surface area (Å²) >= 11 is 0. The first-order valence-corrected chi connectivity index (χ1v) is 12.1. The van der Waals surface area contributed by atoms with Gasteiger partial charge in [-0.15, -0.1) is 0 Å². The summed E-state index contributed by atoms with van der Waals surface area (Å²) in [6.45, 7) is 1.41. The summed E-state index contributed by atoms with van der Waals surface area (Å²) in [7, 11) is 3.72. The summed E-state index contributed by atoms with van der Waals surface area (Å²) in [4.78, 5) is 21.5. The predicted molar refractivity (Wildman–Crippen MR) is 133 cm³/mol. The molecule has 0 unspecified atom stereocenters. The smallest absolute Gasteiger partial charge is 0.223 e. The number of carbonyl (C=O) groups is 1. The molecule has 2 saturated heterocycles.